The zero-order valence-corrected chi connectivity index (χ0v) is 15.2. The van der Waals surface area contributed by atoms with Crippen LogP contribution in [0.3, 0.4) is 0 Å². The summed E-state index contributed by atoms with van der Waals surface area (Å²) in [5.74, 6) is 0.917. The van der Waals surface area contributed by atoms with Crippen LogP contribution < -0.4 is 0 Å². The number of rotatable bonds is 4. The van der Waals surface area contributed by atoms with Gasteiger partial charge in [0, 0.05) is 11.4 Å². The molecule has 1 atom stereocenters. The van der Waals surface area contributed by atoms with Gasteiger partial charge in [-0.2, -0.15) is 0 Å². The molecule has 0 saturated heterocycles. The Hall–Kier alpha value is -2.42. The second-order valence-electron chi connectivity index (χ2n) is 7.06. The number of phenolic OH excluding ortho intramolecular Hbond substituents is 1. The summed E-state index contributed by atoms with van der Waals surface area (Å²) in [7, 11) is 0. The first-order valence-corrected chi connectivity index (χ1v) is 8.88. The van der Waals surface area contributed by atoms with Crippen LogP contribution in [0.5, 0.6) is 5.75 Å². The van der Waals surface area contributed by atoms with Gasteiger partial charge in [-0.3, -0.25) is 9.78 Å². The maximum absolute atomic E-state index is 12.7. The molecule has 3 nitrogen and oxygen atoms in total. The predicted molar refractivity (Wildman–Crippen MR) is 99.8 cm³/mol. The lowest BCUT2D eigenvalue weighted by molar-refractivity contribution is -0.115. The van der Waals surface area contributed by atoms with Crippen molar-refractivity contribution in [3.05, 3.63) is 70.1 Å². The van der Waals surface area contributed by atoms with Crippen LogP contribution in [0.1, 0.15) is 54.6 Å². The molecule has 130 valence electrons. The van der Waals surface area contributed by atoms with Crippen LogP contribution in [0.4, 0.5) is 0 Å². The maximum atomic E-state index is 12.7. The molecule has 1 saturated carbocycles. The van der Waals surface area contributed by atoms with E-state index in [0.717, 1.165) is 41.8 Å². The first-order valence-electron chi connectivity index (χ1n) is 8.88. The van der Waals surface area contributed by atoms with E-state index in [1.54, 1.807) is 12.1 Å². The van der Waals surface area contributed by atoms with Crippen molar-refractivity contribution in [3.63, 3.8) is 0 Å². The number of aromatic hydroxyl groups is 1. The van der Waals surface area contributed by atoms with Crippen molar-refractivity contribution in [2.75, 3.05) is 0 Å². The van der Waals surface area contributed by atoms with E-state index in [4.69, 9.17) is 0 Å². The van der Waals surface area contributed by atoms with Crippen molar-refractivity contribution < 1.29 is 9.90 Å². The lowest BCUT2D eigenvalue weighted by Gasteiger charge is -2.10. The number of carbonyl (C=O) groups excluding carboxylic acids is 1. The van der Waals surface area contributed by atoms with Gasteiger partial charge in [0.05, 0.1) is 6.42 Å². The Morgan fingerprint density at radius 3 is 2.56 bits per heavy atom. The monoisotopic (exact) mass is 335 g/mol. The molecule has 0 amide bonds. The smallest absolute Gasteiger partial charge is 0.164 e. The highest BCUT2D eigenvalue weighted by atomic mass is 16.3. The fourth-order valence-corrected chi connectivity index (χ4v) is 3.50. The fourth-order valence-electron chi connectivity index (χ4n) is 3.50. The molecule has 1 heterocycles. The number of hydrogen-bond donors (Lipinski definition) is 1. The average molecular weight is 335 g/mol. The van der Waals surface area contributed by atoms with Crippen LogP contribution >= 0.6 is 0 Å². The minimum absolute atomic E-state index is 0.178. The lowest BCUT2D eigenvalue weighted by atomic mass is 9.95. The topological polar surface area (TPSA) is 50.2 Å². The van der Waals surface area contributed by atoms with E-state index in [-0.39, 0.29) is 5.78 Å². The van der Waals surface area contributed by atoms with E-state index in [1.165, 1.54) is 11.1 Å². The summed E-state index contributed by atoms with van der Waals surface area (Å²) in [6.07, 6.45) is 3.35. The van der Waals surface area contributed by atoms with E-state index < -0.39 is 0 Å². The zero-order valence-electron chi connectivity index (χ0n) is 15.2. The van der Waals surface area contributed by atoms with Crippen molar-refractivity contribution in [3.8, 4) is 5.75 Å². The van der Waals surface area contributed by atoms with Gasteiger partial charge in [0.2, 0.25) is 0 Å². The number of phenols is 1. The number of pyridine rings is 1. The van der Waals surface area contributed by atoms with Gasteiger partial charge in [-0.05, 0) is 80.9 Å². The normalized spacial score (nSPS) is 19.1. The summed E-state index contributed by atoms with van der Waals surface area (Å²) < 4.78 is 0. The number of aromatic nitrogens is 1. The zero-order chi connectivity index (χ0) is 18.0. The Bertz CT molecular complexity index is 818. The summed E-state index contributed by atoms with van der Waals surface area (Å²) >= 11 is 0. The van der Waals surface area contributed by atoms with E-state index in [2.05, 4.69) is 4.98 Å². The Balaban J connectivity index is 1.70. The van der Waals surface area contributed by atoms with E-state index in [1.807, 2.05) is 45.0 Å². The lowest BCUT2D eigenvalue weighted by Crippen LogP contribution is -2.08. The highest BCUT2D eigenvalue weighted by molar-refractivity contribution is 5.96. The summed E-state index contributed by atoms with van der Waals surface area (Å²) in [5.41, 5.74) is 6.40. The van der Waals surface area contributed by atoms with Gasteiger partial charge in [-0.1, -0.05) is 23.8 Å². The molecule has 0 spiro atoms. The maximum Gasteiger partial charge on any atom is 0.164 e. The van der Waals surface area contributed by atoms with E-state index in [0.29, 0.717) is 18.1 Å². The van der Waals surface area contributed by atoms with Crippen LogP contribution in [-0.4, -0.2) is 15.9 Å². The molecule has 1 aliphatic rings. The molecule has 1 fully saturated rings. The minimum atomic E-state index is 0.178. The largest absolute Gasteiger partial charge is 0.508 e. The van der Waals surface area contributed by atoms with Crippen LogP contribution in [0, 0.1) is 13.8 Å². The Kier molecular flexibility index (Phi) is 5.03. The minimum Gasteiger partial charge on any atom is -0.508 e. The number of hydrogen-bond acceptors (Lipinski definition) is 3. The summed E-state index contributed by atoms with van der Waals surface area (Å²) in [4.78, 5) is 17.2. The molecule has 0 bridgehead atoms. The number of allylic oxidation sites excluding steroid dienone is 2. The number of benzene rings is 1. The molecule has 0 aliphatic heterocycles. The summed E-state index contributed by atoms with van der Waals surface area (Å²) in [6.45, 7) is 5.97. The van der Waals surface area contributed by atoms with Gasteiger partial charge in [-0.25, -0.2) is 0 Å². The van der Waals surface area contributed by atoms with Crippen LogP contribution in [0.15, 0.2) is 47.5 Å². The van der Waals surface area contributed by atoms with E-state index in [9.17, 15) is 9.90 Å². The van der Waals surface area contributed by atoms with E-state index >= 15 is 0 Å². The summed E-state index contributed by atoms with van der Waals surface area (Å²) in [6, 6.07) is 11.4. The molecule has 0 radical (unpaired) electrons. The van der Waals surface area contributed by atoms with Crippen LogP contribution in [-0.2, 0) is 11.2 Å². The molecule has 1 aromatic heterocycles. The van der Waals surface area contributed by atoms with Crippen molar-refractivity contribution in [1.29, 1.82) is 0 Å². The molecular weight excluding hydrogens is 310 g/mol. The van der Waals surface area contributed by atoms with Gasteiger partial charge < -0.3 is 5.11 Å². The number of nitrogens with zero attached hydrogens (tertiary/aromatic N) is 1. The van der Waals surface area contributed by atoms with Crippen LogP contribution in [0.2, 0.25) is 0 Å². The molecule has 3 rings (SSSR count). The summed E-state index contributed by atoms with van der Waals surface area (Å²) in [5, 5.41) is 9.43. The fraction of sp³-hybridized carbons (Fsp3) is 0.364. The van der Waals surface area contributed by atoms with Crippen molar-refractivity contribution >= 4 is 5.78 Å². The Morgan fingerprint density at radius 2 is 1.88 bits per heavy atom. The predicted octanol–water partition coefficient (Wildman–Crippen LogP) is 4.80. The molecule has 1 aliphatic carbocycles. The second-order valence-corrected chi connectivity index (χ2v) is 7.06. The first-order chi connectivity index (χ1) is 11.9. The van der Waals surface area contributed by atoms with Gasteiger partial charge in [0.1, 0.15) is 5.75 Å². The quantitative estimate of drug-likeness (QED) is 0.817. The molecule has 2 aromatic rings. The van der Waals surface area contributed by atoms with Gasteiger partial charge in [0.15, 0.2) is 5.78 Å². The van der Waals surface area contributed by atoms with Gasteiger partial charge >= 0.3 is 0 Å². The molecular formula is C22H25NO2. The van der Waals surface area contributed by atoms with Gasteiger partial charge in [-0.15, -0.1) is 0 Å². The van der Waals surface area contributed by atoms with Crippen molar-refractivity contribution in [2.45, 2.75) is 52.4 Å². The Morgan fingerprint density at radius 1 is 1.16 bits per heavy atom. The number of aryl methyl sites for hydroxylation is 2. The average Bonchev–Trinajstić information content (AvgIpc) is 3.08. The molecule has 1 N–H and O–H groups in total. The number of carbonyl (C=O) groups is 1. The molecule has 3 heteroatoms. The van der Waals surface area contributed by atoms with Crippen LogP contribution in [0.25, 0.3) is 0 Å². The van der Waals surface area contributed by atoms with Crippen molar-refractivity contribution in [2.24, 2.45) is 0 Å². The Labute approximate surface area is 149 Å². The standard InChI is InChI=1S/C22H25NO2/c1-14-4-9-20(23-16(14)3)13-22(25)15(2)18-5-6-19(12-18)17-7-10-21(24)11-8-17/h4,7-11,19,24H,5-6,12-13H2,1-3H3/b18-15+. The van der Waals surface area contributed by atoms with Gasteiger partial charge in [0.25, 0.3) is 0 Å². The third-order valence-electron chi connectivity index (χ3n) is 5.35. The molecule has 1 unspecified atom stereocenters. The molecule has 1 aromatic carbocycles. The highest BCUT2D eigenvalue weighted by Crippen LogP contribution is 2.39. The second kappa shape index (κ2) is 7.22. The molecule has 25 heavy (non-hydrogen) atoms. The third-order valence-corrected chi connectivity index (χ3v) is 5.35. The number of ketones is 1. The number of Topliss-reactive ketones (excluding diaryl/α,β-unsaturated/α-hetero) is 1. The SMILES string of the molecule is C/C(C(=O)Cc1ccc(C)c(C)n1)=C1/CCC(c2ccc(O)cc2)C1. The highest BCUT2D eigenvalue weighted by Gasteiger charge is 2.24. The first kappa shape index (κ1) is 17.4. The van der Waals surface area contributed by atoms with Crippen molar-refractivity contribution in [1.82, 2.24) is 4.98 Å². The third kappa shape index (κ3) is 3.98.